The monoisotopic (exact) mass is 313 g/mol. The van der Waals surface area contributed by atoms with Crippen LogP contribution in [0.4, 0.5) is 4.79 Å². The Bertz CT molecular complexity index is 665. The molecule has 0 saturated heterocycles. The first-order chi connectivity index (χ1) is 11.3. The van der Waals surface area contributed by atoms with Crippen molar-refractivity contribution >= 4 is 6.03 Å². The minimum atomic E-state index is -0.126. The van der Waals surface area contributed by atoms with E-state index in [4.69, 9.17) is 5.10 Å². The standard InChI is InChI=1S/C17H23N5O/c1-2-18-17(23)20-11-12-22-15-9-4-3-7-13(15)16(21-22)14-8-5-6-10-19-14/h5-6,8,10H,2-4,7,9,11-12H2,1H3,(H2,18,20,23). The molecule has 6 heteroatoms. The summed E-state index contributed by atoms with van der Waals surface area (Å²) in [5.41, 5.74) is 4.56. The zero-order chi connectivity index (χ0) is 16.1. The van der Waals surface area contributed by atoms with Crippen molar-refractivity contribution in [1.29, 1.82) is 0 Å². The summed E-state index contributed by atoms with van der Waals surface area (Å²) in [6, 6.07) is 5.80. The van der Waals surface area contributed by atoms with Crippen molar-refractivity contribution in [3.8, 4) is 11.4 Å². The van der Waals surface area contributed by atoms with Crippen LogP contribution in [-0.2, 0) is 19.4 Å². The molecule has 0 aromatic carbocycles. The molecule has 122 valence electrons. The molecule has 2 N–H and O–H groups in total. The number of urea groups is 1. The predicted octanol–water partition coefficient (Wildman–Crippen LogP) is 2.14. The molecule has 0 atom stereocenters. The third-order valence-electron chi connectivity index (χ3n) is 4.11. The number of carbonyl (C=O) groups is 1. The smallest absolute Gasteiger partial charge is 0.314 e. The number of hydrogen-bond acceptors (Lipinski definition) is 3. The first-order valence-electron chi connectivity index (χ1n) is 8.31. The summed E-state index contributed by atoms with van der Waals surface area (Å²) in [4.78, 5) is 15.9. The minimum Gasteiger partial charge on any atom is -0.338 e. The van der Waals surface area contributed by atoms with Gasteiger partial charge in [-0.3, -0.25) is 9.67 Å². The van der Waals surface area contributed by atoms with E-state index in [2.05, 4.69) is 15.6 Å². The first kappa shape index (κ1) is 15.5. The zero-order valence-electron chi connectivity index (χ0n) is 13.5. The Morgan fingerprint density at radius 3 is 2.91 bits per heavy atom. The van der Waals surface area contributed by atoms with Crippen molar-refractivity contribution in [3.63, 3.8) is 0 Å². The number of carbonyl (C=O) groups excluding carboxylic acids is 1. The van der Waals surface area contributed by atoms with E-state index in [1.165, 1.54) is 24.1 Å². The van der Waals surface area contributed by atoms with Crippen LogP contribution in [0, 0.1) is 0 Å². The van der Waals surface area contributed by atoms with Crippen molar-refractivity contribution in [2.75, 3.05) is 13.1 Å². The van der Waals surface area contributed by atoms with Gasteiger partial charge in [0, 0.05) is 30.5 Å². The maximum Gasteiger partial charge on any atom is 0.314 e. The third kappa shape index (κ3) is 3.52. The molecule has 1 aliphatic carbocycles. The lowest BCUT2D eigenvalue weighted by Crippen LogP contribution is -2.37. The van der Waals surface area contributed by atoms with E-state index in [0.717, 1.165) is 24.2 Å². The van der Waals surface area contributed by atoms with Crippen molar-refractivity contribution < 1.29 is 4.79 Å². The average molecular weight is 313 g/mol. The van der Waals surface area contributed by atoms with Crippen LogP contribution in [0.25, 0.3) is 11.4 Å². The molecule has 2 aromatic heterocycles. The highest BCUT2D eigenvalue weighted by atomic mass is 16.2. The summed E-state index contributed by atoms with van der Waals surface area (Å²) in [7, 11) is 0. The maximum absolute atomic E-state index is 11.5. The average Bonchev–Trinajstić information content (AvgIpc) is 2.95. The van der Waals surface area contributed by atoms with Crippen LogP contribution >= 0.6 is 0 Å². The maximum atomic E-state index is 11.5. The second kappa shape index (κ2) is 7.26. The summed E-state index contributed by atoms with van der Waals surface area (Å²) < 4.78 is 2.05. The molecule has 2 heterocycles. The van der Waals surface area contributed by atoms with E-state index >= 15 is 0 Å². The largest absolute Gasteiger partial charge is 0.338 e. The number of hydrogen-bond donors (Lipinski definition) is 2. The van der Waals surface area contributed by atoms with Gasteiger partial charge < -0.3 is 10.6 Å². The minimum absolute atomic E-state index is 0.126. The van der Waals surface area contributed by atoms with Gasteiger partial charge in [-0.1, -0.05) is 6.07 Å². The fourth-order valence-corrected chi connectivity index (χ4v) is 3.06. The molecule has 3 rings (SSSR count). The van der Waals surface area contributed by atoms with Crippen LogP contribution in [0.2, 0.25) is 0 Å². The molecular formula is C17H23N5O. The van der Waals surface area contributed by atoms with Gasteiger partial charge in [0.25, 0.3) is 0 Å². The van der Waals surface area contributed by atoms with Gasteiger partial charge in [-0.15, -0.1) is 0 Å². The molecule has 0 unspecified atom stereocenters. The lowest BCUT2D eigenvalue weighted by molar-refractivity contribution is 0.241. The quantitative estimate of drug-likeness (QED) is 0.888. The molecule has 0 radical (unpaired) electrons. The van der Waals surface area contributed by atoms with Gasteiger partial charge in [0.2, 0.25) is 0 Å². The highest BCUT2D eigenvalue weighted by Gasteiger charge is 2.22. The molecule has 23 heavy (non-hydrogen) atoms. The number of nitrogens with zero attached hydrogens (tertiary/aromatic N) is 3. The van der Waals surface area contributed by atoms with Crippen molar-refractivity contribution in [2.24, 2.45) is 0 Å². The lowest BCUT2D eigenvalue weighted by Gasteiger charge is -2.14. The predicted molar refractivity (Wildman–Crippen MR) is 89.2 cm³/mol. The Morgan fingerprint density at radius 1 is 1.26 bits per heavy atom. The Kier molecular flexibility index (Phi) is 4.90. The van der Waals surface area contributed by atoms with Gasteiger partial charge in [-0.2, -0.15) is 5.10 Å². The van der Waals surface area contributed by atoms with E-state index in [1.807, 2.05) is 29.8 Å². The highest BCUT2D eigenvalue weighted by molar-refractivity contribution is 5.73. The van der Waals surface area contributed by atoms with Gasteiger partial charge in [0.05, 0.1) is 12.2 Å². The van der Waals surface area contributed by atoms with E-state index in [1.54, 1.807) is 6.20 Å². The molecular weight excluding hydrogens is 290 g/mol. The van der Waals surface area contributed by atoms with Gasteiger partial charge in [0.15, 0.2) is 0 Å². The summed E-state index contributed by atoms with van der Waals surface area (Å²) in [5.74, 6) is 0. The Morgan fingerprint density at radius 2 is 2.13 bits per heavy atom. The topological polar surface area (TPSA) is 71.8 Å². The van der Waals surface area contributed by atoms with Crippen LogP contribution in [0.5, 0.6) is 0 Å². The molecule has 6 nitrogen and oxygen atoms in total. The van der Waals surface area contributed by atoms with E-state index < -0.39 is 0 Å². The fourth-order valence-electron chi connectivity index (χ4n) is 3.06. The van der Waals surface area contributed by atoms with Crippen molar-refractivity contribution in [1.82, 2.24) is 25.4 Å². The highest BCUT2D eigenvalue weighted by Crippen LogP contribution is 2.30. The molecule has 2 amide bonds. The summed E-state index contributed by atoms with van der Waals surface area (Å²) in [6.07, 6.45) is 6.32. The second-order valence-electron chi connectivity index (χ2n) is 5.71. The molecule has 0 saturated carbocycles. The van der Waals surface area contributed by atoms with E-state index in [9.17, 15) is 4.79 Å². The van der Waals surface area contributed by atoms with Gasteiger partial charge >= 0.3 is 6.03 Å². The number of nitrogens with one attached hydrogen (secondary N) is 2. The van der Waals surface area contributed by atoms with Gasteiger partial charge in [-0.25, -0.2) is 4.79 Å². The molecule has 1 aliphatic rings. The zero-order valence-corrected chi connectivity index (χ0v) is 13.5. The second-order valence-corrected chi connectivity index (χ2v) is 5.71. The number of amides is 2. The van der Waals surface area contributed by atoms with Crippen LogP contribution < -0.4 is 10.6 Å². The number of fused-ring (bicyclic) bond motifs is 1. The third-order valence-corrected chi connectivity index (χ3v) is 4.11. The van der Waals surface area contributed by atoms with Crippen molar-refractivity contribution in [2.45, 2.75) is 39.2 Å². The Labute approximate surface area is 136 Å². The summed E-state index contributed by atoms with van der Waals surface area (Å²) >= 11 is 0. The lowest BCUT2D eigenvalue weighted by atomic mass is 9.95. The SMILES string of the molecule is CCNC(=O)NCCn1nc(-c2ccccn2)c2c1CCCC2. The van der Waals surface area contributed by atoms with Crippen LogP contribution in [0.3, 0.4) is 0 Å². The normalized spacial score (nSPS) is 13.4. The Hall–Kier alpha value is -2.37. The number of pyridine rings is 1. The van der Waals surface area contributed by atoms with Crippen LogP contribution in [-0.4, -0.2) is 33.9 Å². The van der Waals surface area contributed by atoms with Crippen LogP contribution in [0.15, 0.2) is 24.4 Å². The summed E-state index contributed by atoms with van der Waals surface area (Å²) in [6.45, 7) is 3.79. The summed E-state index contributed by atoms with van der Waals surface area (Å²) in [5, 5.41) is 10.4. The number of aromatic nitrogens is 3. The fraction of sp³-hybridized carbons (Fsp3) is 0.471. The molecule has 0 fully saturated rings. The molecule has 0 aliphatic heterocycles. The van der Waals surface area contributed by atoms with Gasteiger partial charge in [-0.05, 0) is 44.7 Å². The van der Waals surface area contributed by atoms with Crippen molar-refractivity contribution in [3.05, 3.63) is 35.7 Å². The van der Waals surface area contributed by atoms with E-state index in [0.29, 0.717) is 19.6 Å². The number of rotatable bonds is 5. The molecule has 0 bridgehead atoms. The molecule has 0 spiro atoms. The molecule has 2 aromatic rings. The van der Waals surface area contributed by atoms with Gasteiger partial charge in [0.1, 0.15) is 5.69 Å². The first-order valence-corrected chi connectivity index (χ1v) is 8.31. The van der Waals surface area contributed by atoms with Crippen LogP contribution in [0.1, 0.15) is 31.0 Å². The Balaban J connectivity index is 1.78. The van der Waals surface area contributed by atoms with E-state index in [-0.39, 0.29) is 6.03 Å².